The number of ether oxygens (including phenoxy) is 1. The van der Waals surface area contributed by atoms with Crippen molar-refractivity contribution in [3.63, 3.8) is 0 Å². The maximum atomic E-state index is 14.1. The van der Waals surface area contributed by atoms with Crippen LogP contribution in [0.3, 0.4) is 0 Å². The molecular formula is C17H19FN4O3S. The van der Waals surface area contributed by atoms with Gasteiger partial charge in [-0.05, 0) is 31.9 Å². The highest BCUT2D eigenvalue weighted by atomic mass is 32.1. The number of benzene rings is 1. The number of halogens is 1. The van der Waals surface area contributed by atoms with Crippen molar-refractivity contribution in [1.29, 1.82) is 0 Å². The second-order valence-corrected chi connectivity index (χ2v) is 6.80. The molecule has 0 aliphatic carbocycles. The molecule has 3 rings (SSSR count). The van der Waals surface area contributed by atoms with Crippen LogP contribution in [0.4, 0.5) is 14.3 Å². The Hall–Kier alpha value is -2.55. The molecule has 1 aliphatic heterocycles. The zero-order valence-electron chi connectivity index (χ0n) is 14.5. The predicted octanol–water partition coefficient (Wildman–Crippen LogP) is 3.12. The summed E-state index contributed by atoms with van der Waals surface area (Å²) in [6, 6.07) is 3.97. The second-order valence-electron chi connectivity index (χ2n) is 6.05. The number of hydrogen-bond donors (Lipinski definition) is 1. The molecule has 0 saturated carbocycles. The van der Waals surface area contributed by atoms with Crippen LogP contribution in [-0.4, -0.2) is 46.3 Å². The first-order valence-corrected chi connectivity index (χ1v) is 8.99. The molecule has 1 N–H and O–H groups in total. The molecule has 1 fully saturated rings. The van der Waals surface area contributed by atoms with E-state index in [9.17, 15) is 14.0 Å². The Morgan fingerprint density at radius 2 is 2.08 bits per heavy atom. The number of nitrogens with zero attached hydrogens (tertiary/aromatic N) is 3. The normalized spacial score (nSPS) is 15.0. The molecule has 138 valence electrons. The first-order valence-electron chi connectivity index (χ1n) is 8.22. The van der Waals surface area contributed by atoms with E-state index in [1.165, 1.54) is 19.2 Å². The molecule has 1 aromatic heterocycles. The highest BCUT2D eigenvalue weighted by molar-refractivity contribution is 7.09. The Morgan fingerprint density at radius 3 is 2.65 bits per heavy atom. The second kappa shape index (κ2) is 7.77. The molecular weight excluding hydrogens is 359 g/mol. The quantitative estimate of drug-likeness (QED) is 0.827. The summed E-state index contributed by atoms with van der Waals surface area (Å²) in [7, 11) is 1.44. The topological polar surface area (TPSA) is 84.4 Å². The van der Waals surface area contributed by atoms with Crippen LogP contribution < -0.4 is 10.1 Å². The van der Waals surface area contributed by atoms with Crippen molar-refractivity contribution >= 4 is 28.5 Å². The van der Waals surface area contributed by atoms with Gasteiger partial charge in [-0.15, -0.1) is 0 Å². The third-order valence-electron chi connectivity index (χ3n) is 4.34. The van der Waals surface area contributed by atoms with Crippen molar-refractivity contribution in [1.82, 2.24) is 14.3 Å². The number of anilines is 1. The largest absolute Gasteiger partial charge is 0.497 e. The van der Waals surface area contributed by atoms with Crippen LogP contribution in [0, 0.1) is 18.7 Å². The minimum Gasteiger partial charge on any atom is -0.497 e. The van der Waals surface area contributed by atoms with Gasteiger partial charge in [0.2, 0.25) is 5.13 Å². The minimum atomic E-state index is -0.582. The van der Waals surface area contributed by atoms with E-state index in [1.807, 2.05) is 0 Å². The molecule has 2 aromatic rings. The average molecular weight is 378 g/mol. The number of likely N-dealkylation sites (tertiary alicyclic amines) is 1. The SMILES string of the molecule is COc1ccc(C(=O)C2CCN(C(=O)Nc3nc(C)ns3)CC2)c(F)c1. The van der Waals surface area contributed by atoms with Crippen LogP contribution in [0.25, 0.3) is 0 Å². The number of aromatic nitrogens is 2. The Labute approximate surface area is 154 Å². The lowest BCUT2D eigenvalue weighted by Gasteiger charge is -2.31. The molecule has 9 heteroatoms. The number of Topliss-reactive ketones (excluding diaryl/α,β-unsaturated/α-hetero) is 1. The van der Waals surface area contributed by atoms with Crippen LogP contribution in [-0.2, 0) is 0 Å². The molecule has 0 radical (unpaired) electrons. The molecule has 7 nitrogen and oxygen atoms in total. The van der Waals surface area contributed by atoms with E-state index in [1.54, 1.807) is 17.9 Å². The van der Waals surface area contributed by atoms with Gasteiger partial charge < -0.3 is 9.64 Å². The van der Waals surface area contributed by atoms with Crippen LogP contribution >= 0.6 is 11.5 Å². The van der Waals surface area contributed by atoms with Gasteiger partial charge in [0.1, 0.15) is 17.4 Å². The lowest BCUT2D eigenvalue weighted by atomic mass is 9.88. The molecule has 0 unspecified atom stereocenters. The van der Waals surface area contributed by atoms with E-state index in [4.69, 9.17) is 4.74 Å². The van der Waals surface area contributed by atoms with E-state index in [-0.39, 0.29) is 23.3 Å². The molecule has 0 spiro atoms. The standard InChI is InChI=1S/C17H19FN4O3S/c1-10-19-16(26-21-10)20-17(24)22-7-5-11(6-8-22)15(23)13-4-3-12(25-2)9-14(13)18/h3-4,9,11H,5-8H2,1-2H3,(H,19,20,21,24). The van der Waals surface area contributed by atoms with Gasteiger partial charge in [0.05, 0.1) is 12.7 Å². The fraction of sp³-hybridized carbons (Fsp3) is 0.412. The number of nitrogens with one attached hydrogen (secondary N) is 1. The van der Waals surface area contributed by atoms with E-state index >= 15 is 0 Å². The molecule has 26 heavy (non-hydrogen) atoms. The number of ketones is 1. The summed E-state index contributed by atoms with van der Waals surface area (Å²) in [6.07, 6.45) is 0.986. The summed E-state index contributed by atoms with van der Waals surface area (Å²) in [4.78, 5) is 30.5. The third kappa shape index (κ3) is 3.98. The molecule has 1 saturated heterocycles. The Balaban J connectivity index is 1.57. The maximum Gasteiger partial charge on any atom is 0.323 e. The summed E-state index contributed by atoms with van der Waals surface area (Å²) >= 11 is 1.12. The minimum absolute atomic E-state index is 0.0676. The van der Waals surface area contributed by atoms with E-state index in [0.29, 0.717) is 42.6 Å². The number of carbonyl (C=O) groups excluding carboxylic acids is 2. The smallest absolute Gasteiger partial charge is 0.323 e. The van der Waals surface area contributed by atoms with Crippen molar-refractivity contribution in [3.8, 4) is 5.75 Å². The maximum absolute atomic E-state index is 14.1. The van der Waals surface area contributed by atoms with Gasteiger partial charge in [0.25, 0.3) is 0 Å². The Kier molecular flexibility index (Phi) is 5.46. The zero-order chi connectivity index (χ0) is 18.7. The predicted molar refractivity (Wildman–Crippen MR) is 95.2 cm³/mol. The molecule has 0 bridgehead atoms. The molecule has 2 amide bonds. The van der Waals surface area contributed by atoms with Crippen molar-refractivity contribution in [2.24, 2.45) is 5.92 Å². The number of rotatable bonds is 4. The van der Waals surface area contributed by atoms with Crippen molar-refractivity contribution in [2.45, 2.75) is 19.8 Å². The van der Waals surface area contributed by atoms with Crippen molar-refractivity contribution < 1.29 is 18.7 Å². The highest BCUT2D eigenvalue weighted by Gasteiger charge is 2.29. The molecule has 0 atom stereocenters. The summed E-state index contributed by atoms with van der Waals surface area (Å²) in [5.41, 5.74) is 0.0676. The summed E-state index contributed by atoms with van der Waals surface area (Å²) in [6.45, 7) is 2.61. The van der Waals surface area contributed by atoms with Gasteiger partial charge in [0, 0.05) is 36.6 Å². The van der Waals surface area contributed by atoms with Gasteiger partial charge in [-0.1, -0.05) is 0 Å². The van der Waals surface area contributed by atoms with Crippen molar-refractivity contribution in [2.75, 3.05) is 25.5 Å². The zero-order valence-corrected chi connectivity index (χ0v) is 15.3. The Bertz CT molecular complexity index is 818. The summed E-state index contributed by atoms with van der Waals surface area (Å²) < 4.78 is 23.1. The monoisotopic (exact) mass is 378 g/mol. The lowest BCUT2D eigenvalue weighted by molar-refractivity contribution is 0.0855. The first kappa shape index (κ1) is 18.2. The average Bonchev–Trinajstić information content (AvgIpc) is 3.05. The number of urea groups is 1. The molecule has 1 aromatic carbocycles. The fourth-order valence-corrected chi connectivity index (χ4v) is 3.47. The van der Waals surface area contributed by atoms with Crippen LogP contribution in [0.2, 0.25) is 0 Å². The Morgan fingerprint density at radius 1 is 1.35 bits per heavy atom. The fourth-order valence-electron chi connectivity index (χ4n) is 2.91. The number of amides is 2. The van der Waals surface area contributed by atoms with Gasteiger partial charge in [-0.2, -0.15) is 4.37 Å². The van der Waals surface area contributed by atoms with Crippen molar-refractivity contribution in [3.05, 3.63) is 35.4 Å². The third-order valence-corrected chi connectivity index (χ3v) is 5.06. The van der Waals surface area contributed by atoms with E-state index < -0.39 is 5.82 Å². The van der Waals surface area contributed by atoms with Gasteiger partial charge in [-0.3, -0.25) is 10.1 Å². The number of carbonyl (C=O) groups is 2. The lowest BCUT2D eigenvalue weighted by Crippen LogP contribution is -2.42. The summed E-state index contributed by atoms with van der Waals surface area (Å²) in [5, 5.41) is 3.15. The van der Waals surface area contributed by atoms with E-state index in [0.717, 1.165) is 11.5 Å². The number of aryl methyl sites for hydroxylation is 1. The number of methoxy groups -OCH3 is 1. The van der Waals surface area contributed by atoms with E-state index in [2.05, 4.69) is 14.7 Å². The van der Waals surface area contributed by atoms with Gasteiger partial charge >= 0.3 is 6.03 Å². The number of piperidine rings is 1. The van der Waals surface area contributed by atoms with Gasteiger partial charge in [0.15, 0.2) is 5.78 Å². The van der Waals surface area contributed by atoms with Crippen LogP contribution in [0.5, 0.6) is 5.75 Å². The number of hydrogen-bond acceptors (Lipinski definition) is 6. The van der Waals surface area contributed by atoms with Crippen LogP contribution in [0.15, 0.2) is 18.2 Å². The van der Waals surface area contributed by atoms with Gasteiger partial charge in [-0.25, -0.2) is 14.2 Å². The molecule has 1 aliphatic rings. The molecule has 2 heterocycles. The highest BCUT2D eigenvalue weighted by Crippen LogP contribution is 2.25. The van der Waals surface area contributed by atoms with Crippen LogP contribution in [0.1, 0.15) is 29.0 Å². The summed E-state index contributed by atoms with van der Waals surface area (Å²) in [5.74, 6) is -0.134. The first-order chi connectivity index (χ1) is 12.5.